The Balaban J connectivity index is 1.75. The fourth-order valence-corrected chi connectivity index (χ4v) is 4.55. The number of carbonyl (C=O) groups is 2. The number of methoxy groups -OCH3 is 1. The summed E-state index contributed by atoms with van der Waals surface area (Å²) in [5.74, 6) is -4.54. The molecule has 0 aromatic heterocycles. The van der Waals surface area contributed by atoms with Gasteiger partial charge in [0.1, 0.15) is 29.9 Å². The fourth-order valence-electron chi connectivity index (χ4n) is 4.55. The number of aliphatic hydroxyl groups is 1. The summed E-state index contributed by atoms with van der Waals surface area (Å²) in [5, 5.41) is 36.5. The third-order valence-corrected chi connectivity index (χ3v) is 6.57. The molecule has 0 fully saturated rings. The van der Waals surface area contributed by atoms with Crippen LogP contribution in [0.2, 0.25) is 0 Å². The molecule has 1 heterocycles. The van der Waals surface area contributed by atoms with E-state index < -0.39 is 57.6 Å². The van der Waals surface area contributed by atoms with E-state index in [2.05, 4.69) is 5.32 Å². The number of allylic oxidation sites excluding steroid dienone is 2. The van der Waals surface area contributed by atoms with Crippen LogP contribution in [0.4, 0.5) is 18.9 Å². The molecule has 238 valence electrons. The van der Waals surface area contributed by atoms with Gasteiger partial charge < -0.3 is 35.1 Å². The molecule has 3 rings (SSSR count). The molecule has 12 nitrogen and oxygen atoms in total. The standard InChI is InChI=1S/C29H32F3N3O9/c1-17-23(28(39)42-2)24(25(27(37)38)26(34-17)29(30,31)32)21-14-18(35(40)41)10-11-22(21)43-13-7-6-12-33-15-19(36)16-44-20-8-4-3-5-9-20/h3-5,8-11,14,19,24,33-34,36H,6-7,12-13,15-16H2,1-2H3,(H,37,38). The van der Waals surface area contributed by atoms with Crippen LogP contribution in [-0.2, 0) is 14.3 Å². The Labute approximate surface area is 250 Å². The van der Waals surface area contributed by atoms with Gasteiger partial charge in [0.05, 0.1) is 35.7 Å². The van der Waals surface area contributed by atoms with Crippen molar-refractivity contribution in [3.63, 3.8) is 0 Å². The number of aliphatic carboxylic acids is 1. The minimum absolute atomic E-state index is 0.00559. The van der Waals surface area contributed by atoms with Gasteiger partial charge in [-0.05, 0) is 44.5 Å². The maximum Gasteiger partial charge on any atom is 0.431 e. The summed E-state index contributed by atoms with van der Waals surface area (Å²) in [6.45, 7) is 1.96. The van der Waals surface area contributed by atoms with Crippen LogP contribution in [-0.4, -0.2) is 72.8 Å². The van der Waals surface area contributed by atoms with Gasteiger partial charge >= 0.3 is 18.1 Å². The molecule has 0 saturated carbocycles. The number of esters is 1. The topological polar surface area (TPSA) is 169 Å². The van der Waals surface area contributed by atoms with Crippen molar-refractivity contribution >= 4 is 17.6 Å². The van der Waals surface area contributed by atoms with Gasteiger partial charge in [0.15, 0.2) is 0 Å². The molecule has 2 unspecified atom stereocenters. The minimum Gasteiger partial charge on any atom is -0.493 e. The van der Waals surface area contributed by atoms with Crippen LogP contribution in [0.15, 0.2) is 71.1 Å². The number of carboxylic acids is 1. The molecule has 0 amide bonds. The van der Waals surface area contributed by atoms with Crippen LogP contribution in [0.5, 0.6) is 11.5 Å². The van der Waals surface area contributed by atoms with E-state index in [1.54, 1.807) is 12.1 Å². The molecule has 2 aromatic rings. The molecule has 0 spiro atoms. The van der Waals surface area contributed by atoms with E-state index >= 15 is 0 Å². The number of halogens is 3. The largest absolute Gasteiger partial charge is 0.493 e. The number of nitro benzene ring substituents is 1. The van der Waals surface area contributed by atoms with Gasteiger partial charge in [-0.3, -0.25) is 10.1 Å². The Hall–Kier alpha value is -4.63. The summed E-state index contributed by atoms with van der Waals surface area (Å²) in [6.07, 6.45) is -4.96. The Morgan fingerprint density at radius 3 is 2.43 bits per heavy atom. The number of aliphatic hydroxyl groups excluding tert-OH is 1. The van der Waals surface area contributed by atoms with Crippen LogP contribution in [0.1, 0.15) is 31.2 Å². The Morgan fingerprint density at radius 1 is 1.11 bits per heavy atom. The molecule has 0 radical (unpaired) electrons. The number of carbonyl (C=O) groups excluding carboxylic acids is 1. The number of nitrogens with one attached hydrogen (secondary N) is 2. The van der Waals surface area contributed by atoms with E-state index in [0.29, 0.717) is 25.1 Å². The normalized spacial score (nSPS) is 15.8. The van der Waals surface area contributed by atoms with Crippen molar-refractivity contribution in [1.29, 1.82) is 0 Å². The number of alkyl halides is 3. The number of carboxylic acid groups (broad SMARTS) is 1. The first-order valence-electron chi connectivity index (χ1n) is 13.4. The molecule has 1 aliphatic rings. The average Bonchev–Trinajstić information content (AvgIpc) is 2.98. The lowest BCUT2D eigenvalue weighted by Gasteiger charge is -2.31. The number of hydrogen-bond donors (Lipinski definition) is 4. The van der Waals surface area contributed by atoms with Gasteiger partial charge in [-0.25, -0.2) is 9.59 Å². The number of nitro groups is 1. The van der Waals surface area contributed by atoms with Crippen molar-refractivity contribution in [2.24, 2.45) is 0 Å². The summed E-state index contributed by atoms with van der Waals surface area (Å²) < 4.78 is 57.9. The average molecular weight is 624 g/mol. The first-order chi connectivity index (χ1) is 20.8. The van der Waals surface area contributed by atoms with Crippen molar-refractivity contribution in [2.75, 3.05) is 33.4 Å². The molecule has 2 aromatic carbocycles. The summed E-state index contributed by atoms with van der Waals surface area (Å²) in [6, 6.07) is 12.1. The highest BCUT2D eigenvalue weighted by atomic mass is 19.4. The molecule has 15 heteroatoms. The van der Waals surface area contributed by atoms with Crippen LogP contribution in [0.25, 0.3) is 0 Å². The number of rotatable bonds is 15. The third-order valence-electron chi connectivity index (χ3n) is 6.57. The number of para-hydroxylation sites is 1. The quantitative estimate of drug-likeness (QED) is 0.0985. The van der Waals surface area contributed by atoms with E-state index in [1.165, 1.54) is 0 Å². The van der Waals surface area contributed by atoms with E-state index in [4.69, 9.17) is 14.2 Å². The second-order valence-corrected chi connectivity index (χ2v) is 9.70. The smallest absolute Gasteiger partial charge is 0.431 e. The maximum atomic E-state index is 14.0. The fraction of sp³-hybridized carbons (Fsp3) is 0.379. The lowest BCUT2D eigenvalue weighted by molar-refractivity contribution is -0.384. The number of ether oxygens (including phenoxy) is 3. The number of non-ortho nitro benzene ring substituents is 1. The maximum absolute atomic E-state index is 14.0. The monoisotopic (exact) mass is 623 g/mol. The highest BCUT2D eigenvalue weighted by Gasteiger charge is 2.48. The summed E-state index contributed by atoms with van der Waals surface area (Å²) >= 11 is 0. The Kier molecular flexibility index (Phi) is 11.7. The van der Waals surface area contributed by atoms with E-state index in [1.807, 2.05) is 23.5 Å². The summed E-state index contributed by atoms with van der Waals surface area (Å²) in [7, 11) is 0.970. The zero-order valence-corrected chi connectivity index (χ0v) is 23.8. The van der Waals surface area contributed by atoms with Gasteiger partial charge in [-0.15, -0.1) is 0 Å². The molecule has 0 aliphatic carbocycles. The molecule has 1 aliphatic heterocycles. The summed E-state index contributed by atoms with van der Waals surface area (Å²) in [4.78, 5) is 35.7. The van der Waals surface area contributed by atoms with E-state index in [0.717, 1.165) is 32.2 Å². The second-order valence-electron chi connectivity index (χ2n) is 9.70. The molecular weight excluding hydrogens is 591 g/mol. The van der Waals surface area contributed by atoms with Gasteiger partial charge in [-0.2, -0.15) is 13.2 Å². The first-order valence-corrected chi connectivity index (χ1v) is 13.4. The Bertz CT molecular complexity index is 1410. The Morgan fingerprint density at radius 2 is 1.82 bits per heavy atom. The molecule has 0 saturated heterocycles. The van der Waals surface area contributed by atoms with Crippen LogP contribution in [0, 0.1) is 10.1 Å². The van der Waals surface area contributed by atoms with E-state index in [9.17, 15) is 43.1 Å². The number of benzene rings is 2. The first kappa shape index (κ1) is 33.9. The van der Waals surface area contributed by atoms with Gasteiger partial charge in [0, 0.05) is 29.9 Å². The lowest BCUT2D eigenvalue weighted by atomic mass is 9.79. The van der Waals surface area contributed by atoms with Gasteiger partial charge in [0.25, 0.3) is 5.69 Å². The lowest BCUT2D eigenvalue weighted by Crippen LogP contribution is -2.38. The number of unbranched alkanes of at least 4 members (excludes halogenated alkanes) is 1. The van der Waals surface area contributed by atoms with Crippen LogP contribution in [0.3, 0.4) is 0 Å². The molecular formula is C29H32F3N3O9. The van der Waals surface area contributed by atoms with Crippen molar-refractivity contribution < 1.29 is 52.1 Å². The zero-order valence-electron chi connectivity index (χ0n) is 23.8. The third kappa shape index (κ3) is 8.70. The van der Waals surface area contributed by atoms with Crippen molar-refractivity contribution in [3.05, 3.63) is 86.7 Å². The minimum atomic E-state index is -5.16. The second kappa shape index (κ2) is 15.2. The van der Waals surface area contributed by atoms with Crippen molar-refractivity contribution in [2.45, 2.75) is 38.0 Å². The predicted molar refractivity (Wildman–Crippen MR) is 150 cm³/mol. The number of dihydropyridines is 1. The van der Waals surface area contributed by atoms with E-state index in [-0.39, 0.29) is 36.8 Å². The molecule has 44 heavy (non-hydrogen) atoms. The highest BCUT2D eigenvalue weighted by molar-refractivity contribution is 5.99. The molecule has 4 N–H and O–H groups in total. The SMILES string of the molecule is COC(=O)C1=C(C)NC(C(F)(F)F)=C(C(=O)O)C1c1cc([N+](=O)[O-])ccc1OCCCCNCC(O)COc1ccccc1. The van der Waals surface area contributed by atoms with Crippen molar-refractivity contribution in [1.82, 2.24) is 10.6 Å². The van der Waals surface area contributed by atoms with Crippen molar-refractivity contribution in [3.8, 4) is 11.5 Å². The predicted octanol–water partition coefficient (Wildman–Crippen LogP) is 3.82. The van der Waals surface area contributed by atoms with Gasteiger partial charge in [0.2, 0.25) is 0 Å². The molecule has 0 bridgehead atoms. The highest BCUT2D eigenvalue weighted by Crippen LogP contribution is 2.46. The van der Waals surface area contributed by atoms with Gasteiger partial charge in [-0.1, -0.05) is 18.2 Å². The number of nitrogens with zero attached hydrogens (tertiary/aromatic N) is 1. The van der Waals surface area contributed by atoms with Crippen LogP contribution >= 0.6 is 0 Å². The summed E-state index contributed by atoms with van der Waals surface area (Å²) in [5.41, 5.74) is -4.54. The zero-order chi connectivity index (χ0) is 32.4. The van der Waals surface area contributed by atoms with Crippen LogP contribution < -0.4 is 20.1 Å². The number of hydrogen-bond acceptors (Lipinski definition) is 10. The molecule has 2 atom stereocenters.